The molecule has 0 unspecified atom stereocenters. The molecule has 4 rings (SSSR count). The molecular formula is C27H29F2N3O3. The van der Waals surface area contributed by atoms with Crippen LogP contribution in [0.5, 0.6) is 5.75 Å². The van der Waals surface area contributed by atoms with Crippen molar-refractivity contribution < 1.29 is 18.3 Å². The molecule has 1 aliphatic heterocycles. The highest BCUT2D eigenvalue weighted by Crippen LogP contribution is 2.30. The van der Waals surface area contributed by atoms with Gasteiger partial charge in [0.1, 0.15) is 5.82 Å². The van der Waals surface area contributed by atoms with Crippen LogP contribution in [0.25, 0.3) is 11.1 Å². The molecule has 0 N–H and O–H groups in total. The van der Waals surface area contributed by atoms with Crippen LogP contribution in [0.3, 0.4) is 0 Å². The van der Waals surface area contributed by atoms with Gasteiger partial charge in [0.25, 0.3) is 5.91 Å². The first-order valence-electron chi connectivity index (χ1n) is 11.9. The van der Waals surface area contributed by atoms with Crippen LogP contribution < -0.4 is 10.3 Å². The van der Waals surface area contributed by atoms with E-state index in [4.69, 9.17) is 4.74 Å². The van der Waals surface area contributed by atoms with Gasteiger partial charge >= 0.3 is 5.56 Å². The lowest BCUT2D eigenvalue weighted by atomic mass is 9.96. The van der Waals surface area contributed by atoms with Crippen molar-refractivity contribution in [1.29, 1.82) is 0 Å². The Morgan fingerprint density at radius 2 is 1.77 bits per heavy atom. The number of benzene rings is 2. The van der Waals surface area contributed by atoms with Gasteiger partial charge in [-0.2, -0.15) is 4.98 Å². The van der Waals surface area contributed by atoms with Crippen molar-refractivity contribution >= 4 is 5.91 Å². The highest BCUT2D eigenvalue weighted by Gasteiger charge is 2.33. The SMILES string of the molecule is CCCCOc1c2n(c(Cc3ccccc3-c3cccc(F)c3F)nc1=O)CCN(C(C)C)C2=O. The van der Waals surface area contributed by atoms with Gasteiger partial charge in [0.05, 0.1) is 6.61 Å². The second-order valence-corrected chi connectivity index (χ2v) is 8.89. The second-order valence-electron chi connectivity index (χ2n) is 8.89. The Bertz CT molecular complexity index is 1300. The molecule has 1 amide bonds. The molecule has 1 aliphatic rings. The Morgan fingerprint density at radius 1 is 1.03 bits per heavy atom. The number of unbranched alkanes of at least 4 members (excludes halogenated alkanes) is 1. The van der Waals surface area contributed by atoms with Crippen molar-refractivity contribution in [1.82, 2.24) is 14.5 Å². The summed E-state index contributed by atoms with van der Waals surface area (Å²) in [7, 11) is 0. The summed E-state index contributed by atoms with van der Waals surface area (Å²) in [6.07, 6.45) is 1.79. The van der Waals surface area contributed by atoms with E-state index in [1.807, 2.05) is 20.8 Å². The predicted octanol–water partition coefficient (Wildman–Crippen LogP) is 4.82. The van der Waals surface area contributed by atoms with Crippen molar-refractivity contribution in [2.75, 3.05) is 13.2 Å². The van der Waals surface area contributed by atoms with Crippen molar-refractivity contribution in [3.8, 4) is 16.9 Å². The molecule has 8 heteroatoms. The fraction of sp³-hybridized carbons (Fsp3) is 0.370. The Labute approximate surface area is 203 Å². The van der Waals surface area contributed by atoms with Gasteiger partial charge in [0, 0.05) is 31.1 Å². The molecule has 184 valence electrons. The molecule has 2 heterocycles. The summed E-state index contributed by atoms with van der Waals surface area (Å²) in [4.78, 5) is 32.4. The van der Waals surface area contributed by atoms with E-state index in [1.54, 1.807) is 33.7 Å². The van der Waals surface area contributed by atoms with Crippen LogP contribution in [0.15, 0.2) is 47.3 Å². The molecule has 0 atom stereocenters. The Balaban J connectivity index is 1.82. The number of ether oxygens (including phenoxy) is 1. The fourth-order valence-electron chi connectivity index (χ4n) is 4.38. The summed E-state index contributed by atoms with van der Waals surface area (Å²) in [6, 6.07) is 11.0. The summed E-state index contributed by atoms with van der Waals surface area (Å²) in [5, 5.41) is 0. The Morgan fingerprint density at radius 3 is 2.51 bits per heavy atom. The number of carbonyl (C=O) groups excluding carboxylic acids is 1. The van der Waals surface area contributed by atoms with Crippen LogP contribution in [0.4, 0.5) is 8.78 Å². The normalized spacial score (nSPS) is 13.3. The van der Waals surface area contributed by atoms with E-state index in [-0.39, 0.29) is 35.4 Å². The summed E-state index contributed by atoms with van der Waals surface area (Å²) in [5.74, 6) is -1.79. The lowest BCUT2D eigenvalue weighted by Crippen LogP contribution is -2.46. The standard InChI is InChI=1S/C27H29F2N3O3/c1-4-5-15-35-25-24-27(34)31(17(2)3)13-14-32(24)22(30-26(25)33)16-18-9-6-7-10-19(18)20-11-8-12-21(28)23(20)29/h6-12,17H,4-5,13-16H2,1-3H3. The zero-order valence-electron chi connectivity index (χ0n) is 20.2. The van der Waals surface area contributed by atoms with Gasteiger partial charge < -0.3 is 14.2 Å². The number of halogens is 2. The van der Waals surface area contributed by atoms with Gasteiger partial charge in [-0.3, -0.25) is 9.59 Å². The maximum absolute atomic E-state index is 14.6. The third-order valence-electron chi connectivity index (χ3n) is 6.22. The molecule has 0 bridgehead atoms. The number of hydrogen-bond acceptors (Lipinski definition) is 4. The molecule has 0 saturated heterocycles. The average Bonchev–Trinajstić information content (AvgIpc) is 2.83. The zero-order chi connectivity index (χ0) is 25.1. The van der Waals surface area contributed by atoms with Crippen LogP contribution in [-0.4, -0.2) is 39.6 Å². The molecule has 0 saturated carbocycles. The van der Waals surface area contributed by atoms with E-state index in [2.05, 4.69) is 4.98 Å². The van der Waals surface area contributed by atoms with Crippen LogP contribution in [-0.2, 0) is 13.0 Å². The van der Waals surface area contributed by atoms with Crippen molar-refractivity contribution in [2.45, 2.75) is 52.6 Å². The smallest absolute Gasteiger partial charge is 0.316 e. The number of hydrogen-bond donors (Lipinski definition) is 0. The van der Waals surface area contributed by atoms with Crippen LogP contribution in [0.1, 0.15) is 55.5 Å². The maximum atomic E-state index is 14.6. The van der Waals surface area contributed by atoms with Gasteiger partial charge in [-0.1, -0.05) is 49.7 Å². The summed E-state index contributed by atoms with van der Waals surface area (Å²) >= 11 is 0. The first kappa shape index (κ1) is 24.6. The number of aromatic nitrogens is 2. The number of fused-ring (bicyclic) bond motifs is 1. The van der Waals surface area contributed by atoms with E-state index in [0.717, 1.165) is 18.9 Å². The third-order valence-corrected chi connectivity index (χ3v) is 6.22. The highest BCUT2D eigenvalue weighted by atomic mass is 19.2. The van der Waals surface area contributed by atoms with Gasteiger partial charge in [-0.05, 0) is 37.5 Å². The van der Waals surface area contributed by atoms with E-state index in [1.165, 1.54) is 12.1 Å². The molecular weight excluding hydrogens is 452 g/mol. The number of nitrogens with zero attached hydrogens (tertiary/aromatic N) is 3. The van der Waals surface area contributed by atoms with Gasteiger partial charge in [0.15, 0.2) is 17.3 Å². The number of rotatable bonds is 8. The monoisotopic (exact) mass is 481 g/mol. The van der Waals surface area contributed by atoms with E-state index in [0.29, 0.717) is 36.6 Å². The summed E-state index contributed by atoms with van der Waals surface area (Å²) < 4.78 is 36.0. The zero-order valence-corrected chi connectivity index (χ0v) is 20.2. The highest BCUT2D eigenvalue weighted by molar-refractivity contribution is 5.96. The predicted molar refractivity (Wildman–Crippen MR) is 130 cm³/mol. The first-order chi connectivity index (χ1) is 16.8. The van der Waals surface area contributed by atoms with Crippen LogP contribution in [0, 0.1) is 11.6 Å². The average molecular weight is 482 g/mol. The van der Waals surface area contributed by atoms with Crippen molar-refractivity contribution in [2.24, 2.45) is 0 Å². The van der Waals surface area contributed by atoms with E-state index >= 15 is 0 Å². The first-order valence-corrected chi connectivity index (χ1v) is 11.9. The molecule has 2 aromatic carbocycles. The van der Waals surface area contributed by atoms with Gasteiger partial charge in [-0.25, -0.2) is 8.78 Å². The molecule has 6 nitrogen and oxygen atoms in total. The maximum Gasteiger partial charge on any atom is 0.316 e. The lowest BCUT2D eigenvalue weighted by molar-refractivity contribution is 0.0635. The molecule has 0 fully saturated rings. The molecule has 0 radical (unpaired) electrons. The van der Waals surface area contributed by atoms with Crippen molar-refractivity contribution in [3.05, 3.63) is 81.5 Å². The minimum absolute atomic E-state index is 0.0259. The largest absolute Gasteiger partial charge is 0.486 e. The molecule has 3 aromatic rings. The number of carbonyl (C=O) groups is 1. The lowest BCUT2D eigenvalue weighted by Gasteiger charge is -2.34. The topological polar surface area (TPSA) is 64.4 Å². The molecule has 35 heavy (non-hydrogen) atoms. The number of amides is 1. The molecule has 1 aromatic heterocycles. The fourth-order valence-corrected chi connectivity index (χ4v) is 4.38. The van der Waals surface area contributed by atoms with Gasteiger partial charge in [0.2, 0.25) is 5.75 Å². The van der Waals surface area contributed by atoms with Crippen molar-refractivity contribution in [3.63, 3.8) is 0 Å². The summed E-state index contributed by atoms with van der Waals surface area (Å²) in [6.45, 7) is 7.09. The Kier molecular flexibility index (Phi) is 7.28. The minimum Gasteiger partial charge on any atom is -0.486 e. The second kappa shape index (κ2) is 10.4. The Hall–Kier alpha value is -3.55. The van der Waals surface area contributed by atoms with Crippen LogP contribution in [0.2, 0.25) is 0 Å². The van der Waals surface area contributed by atoms with E-state index in [9.17, 15) is 18.4 Å². The van der Waals surface area contributed by atoms with Crippen LogP contribution >= 0.6 is 0 Å². The van der Waals surface area contributed by atoms with E-state index < -0.39 is 17.2 Å². The minimum atomic E-state index is -0.936. The quantitative estimate of drug-likeness (QED) is 0.433. The molecule has 0 aliphatic carbocycles. The molecule has 0 spiro atoms. The summed E-state index contributed by atoms with van der Waals surface area (Å²) in [5.41, 5.74) is 0.892. The third kappa shape index (κ3) is 4.83. The van der Waals surface area contributed by atoms with Gasteiger partial charge in [-0.15, -0.1) is 0 Å².